The van der Waals surface area contributed by atoms with Gasteiger partial charge in [0.2, 0.25) is 0 Å². The molecule has 0 aliphatic carbocycles. The van der Waals surface area contributed by atoms with Crippen LogP contribution in [-0.2, 0) is 10.2 Å². The number of hydrogen-bond acceptors (Lipinski definition) is 4. The van der Waals surface area contributed by atoms with Gasteiger partial charge in [0.15, 0.2) is 0 Å². The molecule has 2 rings (SSSR count). The minimum absolute atomic E-state index is 0.103. The first-order chi connectivity index (χ1) is 10.3. The monoisotopic (exact) mass is 322 g/mol. The molecule has 22 heavy (non-hydrogen) atoms. The topological polar surface area (TPSA) is 35.5 Å². The maximum absolute atomic E-state index is 11.9. The van der Waals surface area contributed by atoms with Gasteiger partial charge in [-0.1, -0.05) is 52.8 Å². The predicted molar refractivity (Wildman–Crippen MR) is 90.9 cm³/mol. The molecule has 0 aromatic heterocycles. The molecule has 0 amide bonds. The van der Waals surface area contributed by atoms with Crippen LogP contribution in [0.1, 0.15) is 65.9 Å². The maximum atomic E-state index is 11.9. The van der Waals surface area contributed by atoms with Crippen molar-refractivity contribution in [1.29, 1.82) is 0 Å². The molecule has 1 heterocycles. The van der Waals surface area contributed by atoms with Crippen molar-refractivity contribution < 1.29 is 14.3 Å². The molecule has 1 aliphatic heterocycles. The molecule has 1 aliphatic rings. The summed E-state index contributed by atoms with van der Waals surface area (Å²) in [4.78, 5) is 13.0. The lowest BCUT2D eigenvalue weighted by atomic mass is 9.86. The van der Waals surface area contributed by atoms with E-state index in [0.29, 0.717) is 12.2 Å². The third-order valence-corrected chi connectivity index (χ3v) is 4.74. The highest BCUT2D eigenvalue weighted by Crippen LogP contribution is 2.47. The summed E-state index contributed by atoms with van der Waals surface area (Å²) in [5.41, 5.74) is 1.09. The summed E-state index contributed by atoms with van der Waals surface area (Å²) in [6.45, 7) is 10.5. The van der Waals surface area contributed by atoms with Gasteiger partial charge in [0.05, 0.1) is 4.90 Å². The lowest BCUT2D eigenvalue weighted by molar-refractivity contribution is -0.134. The van der Waals surface area contributed by atoms with Gasteiger partial charge in [-0.2, -0.15) is 0 Å². The Hall–Kier alpha value is -1.16. The van der Waals surface area contributed by atoms with Gasteiger partial charge in [-0.05, 0) is 30.4 Å². The van der Waals surface area contributed by atoms with Crippen molar-refractivity contribution in [3.8, 4) is 11.5 Å². The van der Waals surface area contributed by atoms with E-state index in [0.717, 1.165) is 35.5 Å². The second kappa shape index (κ2) is 6.95. The minimum Gasteiger partial charge on any atom is -0.478 e. The van der Waals surface area contributed by atoms with Gasteiger partial charge in [0.25, 0.3) is 0 Å². The van der Waals surface area contributed by atoms with Gasteiger partial charge in [0, 0.05) is 12.0 Å². The molecular formula is C18H26O3S. The Kier molecular flexibility index (Phi) is 5.43. The number of benzene rings is 1. The maximum Gasteiger partial charge on any atom is 0.311 e. The summed E-state index contributed by atoms with van der Waals surface area (Å²) < 4.78 is 11.6. The first-order valence-electron chi connectivity index (χ1n) is 8.07. The van der Waals surface area contributed by atoms with E-state index in [1.165, 1.54) is 0 Å². The quantitative estimate of drug-likeness (QED) is 0.544. The molecule has 4 heteroatoms. The molecule has 3 nitrogen and oxygen atoms in total. The number of ether oxygens (including phenoxy) is 2. The van der Waals surface area contributed by atoms with Crippen molar-refractivity contribution >= 4 is 17.7 Å². The molecule has 0 saturated carbocycles. The molecule has 1 atom stereocenters. The molecule has 1 aromatic rings. The predicted octanol–water partition coefficient (Wildman–Crippen LogP) is 5.30. The summed E-state index contributed by atoms with van der Waals surface area (Å²) in [6, 6.07) is 4.02. The van der Waals surface area contributed by atoms with E-state index in [1.807, 2.05) is 19.1 Å². The van der Waals surface area contributed by atoms with Crippen LogP contribution in [-0.4, -0.2) is 11.4 Å². The fourth-order valence-corrected chi connectivity index (χ4v) is 3.62. The minimum atomic E-state index is -0.165. The zero-order valence-corrected chi connectivity index (χ0v) is 15.0. The first kappa shape index (κ1) is 17.2. The molecule has 0 radical (unpaired) electrons. The molecule has 1 unspecified atom stereocenters. The standard InChI is InChI=1S/C18H26O3S/c1-6-8-16(19)20-13-11-15-14(10-12(13)18(3,4)5)21-17(22-15)9-7-2/h10-11,17H,6-9H2,1-5H3. The third kappa shape index (κ3) is 3.97. The van der Waals surface area contributed by atoms with Crippen LogP contribution in [0.5, 0.6) is 11.5 Å². The number of carbonyl (C=O) groups excluding carboxylic acids is 1. The molecule has 122 valence electrons. The summed E-state index contributed by atoms with van der Waals surface area (Å²) in [6.07, 6.45) is 3.36. The van der Waals surface area contributed by atoms with Gasteiger partial charge in [-0.3, -0.25) is 4.79 Å². The summed E-state index contributed by atoms with van der Waals surface area (Å²) in [5.74, 6) is 1.43. The molecular weight excluding hydrogens is 296 g/mol. The van der Waals surface area contributed by atoms with Crippen LogP contribution in [0, 0.1) is 0 Å². The van der Waals surface area contributed by atoms with Crippen LogP contribution < -0.4 is 9.47 Å². The summed E-state index contributed by atoms with van der Waals surface area (Å²) in [5, 5.41) is 0. The second-order valence-electron chi connectivity index (χ2n) is 6.72. The Balaban J connectivity index is 2.32. The van der Waals surface area contributed by atoms with Crippen LogP contribution in [0.25, 0.3) is 0 Å². The Bertz CT molecular complexity index is 546. The molecule has 0 spiro atoms. The van der Waals surface area contributed by atoms with Crippen molar-refractivity contribution in [1.82, 2.24) is 0 Å². The first-order valence-corrected chi connectivity index (χ1v) is 8.95. The van der Waals surface area contributed by atoms with Gasteiger partial charge in [-0.15, -0.1) is 0 Å². The van der Waals surface area contributed by atoms with Crippen molar-refractivity contribution in [3.05, 3.63) is 17.7 Å². The van der Waals surface area contributed by atoms with Crippen molar-refractivity contribution in [2.24, 2.45) is 0 Å². The van der Waals surface area contributed by atoms with Gasteiger partial charge in [0.1, 0.15) is 16.9 Å². The van der Waals surface area contributed by atoms with Crippen LogP contribution in [0.2, 0.25) is 0 Å². The number of carbonyl (C=O) groups is 1. The number of esters is 1. The van der Waals surface area contributed by atoms with E-state index in [2.05, 4.69) is 27.7 Å². The van der Waals surface area contributed by atoms with Crippen LogP contribution >= 0.6 is 11.8 Å². The zero-order valence-electron chi connectivity index (χ0n) is 14.2. The molecule has 0 N–H and O–H groups in total. The molecule has 0 bridgehead atoms. The lowest BCUT2D eigenvalue weighted by Crippen LogP contribution is -2.16. The third-order valence-electron chi connectivity index (χ3n) is 3.57. The van der Waals surface area contributed by atoms with E-state index in [4.69, 9.17) is 9.47 Å². The van der Waals surface area contributed by atoms with Crippen LogP contribution in [0.15, 0.2) is 17.0 Å². The van der Waals surface area contributed by atoms with E-state index in [1.54, 1.807) is 11.8 Å². The Morgan fingerprint density at radius 2 is 2.00 bits per heavy atom. The zero-order chi connectivity index (χ0) is 16.3. The number of hydrogen-bond donors (Lipinski definition) is 0. The van der Waals surface area contributed by atoms with E-state index < -0.39 is 0 Å². The summed E-state index contributed by atoms with van der Waals surface area (Å²) >= 11 is 1.72. The SMILES string of the molecule is CCCC(=O)Oc1cc2c(cc1C(C)(C)C)OC(CCC)S2. The van der Waals surface area contributed by atoms with Crippen LogP contribution in [0.4, 0.5) is 0 Å². The van der Waals surface area contributed by atoms with E-state index in [-0.39, 0.29) is 16.8 Å². The Morgan fingerprint density at radius 1 is 1.27 bits per heavy atom. The largest absolute Gasteiger partial charge is 0.478 e. The van der Waals surface area contributed by atoms with Gasteiger partial charge in [-0.25, -0.2) is 0 Å². The molecule has 0 fully saturated rings. The number of thioether (sulfide) groups is 1. The van der Waals surface area contributed by atoms with E-state index in [9.17, 15) is 4.79 Å². The van der Waals surface area contributed by atoms with Gasteiger partial charge < -0.3 is 9.47 Å². The van der Waals surface area contributed by atoms with E-state index >= 15 is 0 Å². The Morgan fingerprint density at radius 3 is 2.59 bits per heavy atom. The fraction of sp³-hybridized carbons (Fsp3) is 0.611. The fourth-order valence-electron chi connectivity index (χ4n) is 2.43. The smallest absolute Gasteiger partial charge is 0.311 e. The van der Waals surface area contributed by atoms with Crippen molar-refractivity contribution in [2.45, 2.75) is 76.0 Å². The highest BCUT2D eigenvalue weighted by atomic mass is 32.2. The van der Waals surface area contributed by atoms with Gasteiger partial charge >= 0.3 is 5.97 Å². The highest BCUT2D eigenvalue weighted by Gasteiger charge is 2.29. The molecule has 1 aromatic carbocycles. The average Bonchev–Trinajstić information content (AvgIpc) is 2.78. The number of fused-ring (bicyclic) bond motifs is 1. The van der Waals surface area contributed by atoms with Crippen LogP contribution in [0.3, 0.4) is 0 Å². The highest BCUT2D eigenvalue weighted by molar-refractivity contribution is 8.00. The summed E-state index contributed by atoms with van der Waals surface area (Å²) in [7, 11) is 0. The van der Waals surface area contributed by atoms with Crippen molar-refractivity contribution in [3.63, 3.8) is 0 Å². The lowest BCUT2D eigenvalue weighted by Gasteiger charge is -2.23. The average molecular weight is 322 g/mol. The normalized spacial score (nSPS) is 17.0. The Labute approximate surface area is 137 Å². The molecule has 0 saturated heterocycles. The second-order valence-corrected chi connectivity index (χ2v) is 7.92. The van der Waals surface area contributed by atoms with Crippen molar-refractivity contribution in [2.75, 3.05) is 0 Å². The number of rotatable bonds is 5.